The van der Waals surface area contributed by atoms with E-state index in [4.69, 9.17) is 0 Å². The van der Waals surface area contributed by atoms with Gasteiger partial charge in [-0.2, -0.15) is 5.26 Å². The van der Waals surface area contributed by atoms with Crippen molar-refractivity contribution < 1.29 is 0 Å². The van der Waals surface area contributed by atoms with E-state index < -0.39 is 0 Å². The lowest BCUT2D eigenvalue weighted by molar-refractivity contribution is 0.238. The third kappa shape index (κ3) is 2.72. The molecular weight excluding hydrogens is 222 g/mol. The van der Waals surface area contributed by atoms with Crippen molar-refractivity contribution in [3.8, 4) is 6.07 Å². The van der Waals surface area contributed by atoms with Crippen molar-refractivity contribution in [1.29, 1.82) is 5.26 Å². The average Bonchev–Trinajstić information content (AvgIpc) is 3.22. The molecule has 1 heterocycles. The van der Waals surface area contributed by atoms with Crippen molar-refractivity contribution in [2.24, 2.45) is 0 Å². The number of rotatable bonds is 4. The van der Waals surface area contributed by atoms with Gasteiger partial charge in [-0.15, -0.1) is 0 Å². The molecule has 1 aromatic rings. The predicted molar refractivity (Wildman–Crippen MR) is 71.0 cm³/mol. The van der Waals surface area contributed by atoms with Gasteiger partial charge in [-0.1, -0.05) is 24.3 Å². The number of nitrogens with zero attached hydrogens (tertiary/aromatic N) is 2. The first kappa shape index (κ1) is 11.7. The molecule has 1 saturated carbocycles. The van der Waals surface area contributed by atoms with E-state index in [0.29, 0.717) is 6.04 Å². The Kier molecular flexibility index (Phi) is 3.31. The van der Waals surface area contributed by atoms with Crippen LogP contribution in [0.3, 0.4) is 0 Å². The van der Waals surface area contributed by atoms with Gasteiger partial charge in [0.2, 0.25) is 0 Å². The summed E-state index contributed by atoms with van der Waals surface area (Å²) < 4.78 is 0. The van der Waals surface area contributed by atoms with E-state index in [0.717, 1.165) is 26.1 Å². The minimum Gasteiger partial charge on any atom is -0.298 e. The van der Waals surface area contributed by atoms with Crippen LogP contribution in [0.4, 0.5) is 0 Å². The molecule has 0 aromatic heterocycles. The van der Waals surface area contributed by atoms with Crippen molar-refractivity contribution in [1.82, 2.24) is 10.2 Å². The first-order valence-electron chi connectivity index (χ1n) is 6.80. The molecule has 1 N–H and O–H groups in total. The van der Waals surface area contributed by atoms with Crippen LogP contribution in [0.25, 0.3) is 0 Å². The van der Waals surface area contributed by atoms with Gasteiger partial charge < -0.3 is 0 Å². The lowest BCUT2D eigenvalue weighted by Crippen LogP contribution is -2.43. The molecule has 1 aromatic carbocycles. The second-order valence-corrected chi connectivity index (χ2v) is 5.38. The van der Waals surface area contributed by atoms with Crippen LogP contribution in [0.2, 0.25) is 0 Å². The molecule has 1 aliphatic heterocycles. The van der Waals surface area contributed by atoms with Crippen molar-refractivity contribution >= 4 is 0 Å². The summed E-state index contributed by atoms with van der Waals surface area (Å²) in [6.07, 6.45) is 3.58. The van der Waals surface area contributed by atoms with Crippen LogP contribution in [-0.4, -0.2) is 30.1 Å². The Balaban J connectivity index is 1.59. The SMILES string of the molecule is N#CC(CN1CCc2ccccc2C1)NC1CC1. The predicted octanol–water partition coefficient (Wildman–Crippen LogP) is 1.69. The van der Waals surface area contributed by atoms with Crippen LogP contribution in [-0.2, 0) is 13.0 Å². The smallest absolute Gasteiger partial charge is 0.108 e. The Labute approximate surface area is 108 Å². The van der Waals surface area contributed by atoms with Crippen molar-refractivity contribution in [2.75, 3.05) is 13.1 Å². The molecule has 1 aliphatic carbocycles. The van der Waals surface area contributed by atoms with Crippen LogP contribution in [0.5, 0.6) is 0 Å². The molecule has 0 spiro atoms. The molecular formula is C15H19N3. The van der Waals surface area contributed by atoms with Gasteiger partial charge in [0, 0.05) is 25.7 Å². The van der Waals surface area contributed by atoms with Crippen LogP contribution in [0, 0.1) is 11.3 Å². The Hall–Kier alpha value is -1.37. The van der Waals surface area contributed by atoms with E-state index in [2.05, 4.69) is 40.6 Å². The van der Waals surface area contributed by atoms with Crippen LogP contribution in [0.1, 0.15) is 24.0 Å². The summed E-state index contributed by atoms with van der Waals surface area (Å²) in [6.45, 7) is 2.91. The zero-order valence-electron chi connectivity index (χ0n) is 10.6. The molecule has 3 nitrogen and oxygen atoms in total. The van der Waals surface area contributed by atoms with Gasteiger partial charge in [-0.25, -0.2) is 0 Å². The highest BCUT2D eigenvalue weighted by Crippen LogP contribution is 2.21. The minimum absolute atomic E-state index is 0.0113. The topological polar surface area (TPSA) is 39.1 Å². The Morgan fingerprint density at radius 2 is 2.11 bits per heavy atom. The summed E-state index contributed by atoms with van der Waals surface area (Å²) in [5.74, 6) is 0. The van der Waals surface area contributed by atoms with Crippen LogP contribution < -0.4 is 5.32 Å². The number of nitriles is 1. The average molecular weight is 241 g/mol. The molecule has 2 aliphatic rings. The highest BCUT2D eigenvalue weighted by atomic mass is 15.2. The van der Waals surface area contributed by atoms with Gasteiger partial charge in [0.25, 0.3) is 0 Å². The molecule has 1 unspecified atom stereocenters. The molecule has 1 fully saturated rings. The summed E-state index contributed by atoms with van der Waals surface area (Å²) in [5.41, 5.74) is 2.89. The fourth-order valence-corrected chi connectivity index (χ4v) is 2.63. The van der Waals surface area contributed by atoms with Gasteiger partial charge in [0.1, 0.15) is 6.04 Å². The number of fused-ring (bicyclic) bond motifs is 1. The van der Waals surface area contributed by atoms with E-state index >= 15 is 0 Å². The lowest BCUT2D eigenvalue weighted by atomic mass is 9.99. The van der Waals surface area contributed by atoms with Crippen molar-refractivity contribution in [3.63, 3.8) is 0 Å². The molecule has 18 heavy (non-hydrogen) atoms. The number of hydrogen-bond acceptors (Lipinski definition) is 3. The summed E-state index contributed by atoms with van der Waals surface area (Å²) in [7, 11) is 0. The van der Waals surface area contributed by atoms with Gasteiger partial charge in [0.15, 0.2) is 0 Å². The fourth-order valence-electron chi connectivity index (χ4n) is 2.63. The molecule has 0 radical (unpaired) electrons. The van der Waals surface area contributed by atoms with E-state index in [1.54, 1.807) is 0 Å². The number of benzene rings is 1. The largest absolute Gasteiger partial charge is 0.298 e. The molecule has 3 rings (SSSR count). The highest BCUT2D eigenvalue weighted by molar-refractivity contribution is 5.29. The summed E-state index contributed by atoms with van der Waals surface area (Å²) in [6, 6.07) is 11.6. The third-order valence-electron chi connectivity index (χ3n) is 3.82. The van der Waals surface area contributed by atoms with E-state index in [1.807, 2.05) is 0 Å². The number of nitrogens with one attached hydrogen (secondary N) is 1. The Bertz CT molecular complexity index is 459. The normalized spacial score (nSPS) is 21.1. The molecule has 94 valence electrons. The molecule has 0 amide bonds. The first-order valence-corrected chi connectivity index (χ1v) is 6.80. The Morgan fingerprint density at radius 3 is 2.83 bits per heavy atom. The molecule has 0 saturated heterocycles. The van der Waals surface area contributed by atoms with Crippen molar-refractivity contribution in [2.45, 2.75) is 37.9 Å². The van der Waals surface area contributed by atoms with Gasteiger partial charge in [0.05, 0.1) is 6.07 Å². The Morgan fingerprint density at radius 1 is 1.33 bits per heavy atom. The van der Waals surface area contributed by atoms with Gasteiger partial charge >= 0.3 is 0 Å². The standard InChI is InChI=1S/C15H19N3/c16-9-15(17-14-5-6-14)11-18-8-7-12-3-1-2-4-13(12)10-18/h1-4,14-15,17H,5-8,10-11H2. The minimum atomic E-state index is -0.0113. The van der Waals surface area contributed by atoms with E-state index in [-0.39, 0.29) is 6.04 Å². The second kappa shape index (κ2) is 5.09. The third-order valence-corrected chi connectivity index (χ3v) is 3.82. The molecule has 3 heteroatoms. The van der Waals surface area contributed by atoms with Crippen LogP contribution in [0.15, 0.2) is 24.3 Å². The van der Waals surface area contributed by atoms with Gasteiger partial charge in [-0.05, 0) is 30.4 Å². The maximum Gasteiger partial charge on any atom is 0.108 e. The zero-order chi connectivity index (χ0) is 12.4. The quantitative estimate of drug-likeness (QED) is 0.872. The van der Waals surface area contributed by atoms with Crippen LogP contribution >= 0.6 is 0 Å². The van der Waals surface area contributed by atoms with Crippen molar-refractivity contribution in [3.05, 3.63) is 35.4 Å². The molecule has 1 atom stereocenters. The summed E-state index contributed by atoms with van der Waals surface area (Å²) in [4.78, 5) is 2.39. The molecule has 0 bridgehead atoms. The maximum absolute atomic E-state index is 9.19. The van der Waals surface area contributed by atoms with Gasteiger partial charge in [-0.3, -0.25) is 10.2 Å². The van der Waals surface area contributed by atoms with E-state index in [1.165, 1.54) is 24.0 Å². The lowest BCUT2D eigenvalue weighted by Gasteiger charge is -2.30. The summed E-state index contributed by atoms with van der Waals surface area (Å²) >= 11 is 0. The summed E-state index contributed by atoms with van der Waals surface area (Å²) in [5, 5.41) is 12.6. The maximum atomic E-state index is 9.19. The second-order valence-electron chi connectivity index (χ2n) is 5.38. The number of hydrogen-bond donors (Lipinski definition) is 1. The van der Waals surface area contributed by atoms with E-state index in [9.17, 15) is 5.26 Å². The fraction of sp³-hybridized carbons (Fsp3) is 0.533. The monoisotopic (exact) mass is 241 g/mol. The zero-order valence-corrected chi connectivity index (χ0v) is 10.6. The highest BCUT2D eigenvalue weighted by Gasteiger charge is 2.26. The first-order chi connectivity index (χ1) is 8.85.